The number of nitrogens with zero attached hydrogens (tertiary/aromatic N) is 1. The van der Waals surface area contributed by atoms with Gasteiger partial charge in [0.05, 0.1) is 25.4 Å². The molecule has 6 nitrogen and oxygen atoms in total. The Kier molecular flexibility index (Phi) is 5.68. The van der Waals surface area contributed by atoms with E-state index >= 15 is 0 Å². The SMILES string of the molecule is COc1ccc(C(CC(=O)O)CC(=O)Nc2cccnc2)cc1. The fourth-order valence-corrected chi connectivity index (χ4v) is 2.27. The van der Waals surface area contributed by atoms with E-state index < -0.39 is 11.9 Å². The van der Waals surface area contributed by atoms with E-state index in [9.17, 15) is 9.59 Å². The second kappa shape index (κ2) is 7.93. The molecule has 1 aromatic carbocycles. The molecule has 1 atom stereocenters. The van der Waals surface area contributed by atoms with Gasteiger partial charge in [-0.15, -0.1) is 0 Å². The first-order chi connectivity index (χ1) is 11.1. The molecule has 1 aromatic heterocycles. The molecule has 0 aliphatic heterocycles. The van der Waals surface area contributed by atoms with Crippen molar-refractivity contribution in [2.75, 3.05) is 12.4 Å². The number of hydrogen-bond acceptors (Lipinski definition) is 4. The number of amides is 1. The minimum Gasteiger partial charge on any atom is -0.497 e. The molecule has 1 unspecified atom stereocenters. The molecule has 0 saturated carbocycles. The Labute approximate surface area is 134 Å². The maximum atomic E-state index is 12.1. The Hall–Kier alpha value is -2.89. The molecular formula is C17H18N2O4. The average Bonchev–Trinajstić information content (AvgIpc) is 2.55. The Bertz CT molecular complexity index is 656. The van der Waals surface area contributed by atoms with Crippen LogP contribution in [0.2, 0.25) is 0 Å². The second-order valence-corrected chi connectivity index (χ2v) is 5.06. The Morgan fingerprint density at radius 1 is 1.22 bits per heavy atom. The molecule has 6 heteroatoms. The van der Waals surface area contributed by atoms with Gasteiger partial charge in [0.15, 0.2) is 0 Å². The zero-order valence-corrected chi connectivity index (χ0v) is 12.7. The van der Waals surface area contributed by atoms with E-state index in [-0.39, 0.29) is 18.7 Å². The fraction of sp³-hybridized carbons (Fsp3) is 0.235. The molecule has 2 aromatic rings. The van der Waals surface area contributed by atoms with Gasteiger partial charge in [-0.05, 0) is 29.8 Å². The third kappa shape index (κ3) is 5.10. The highest BCUT2D eigenvalue weighted by molar-refractivity contribution is 5.91. The van der Waals surface area contributed by atoms with E-state index in [1.165, 1.54) is 6.20 Å². The third-order valence-electron chi connectivity index (χ3n) is 3.39. The Morgan fingerprint density at radius 2 is 1.96 bits per heavy atom. The zero-order chi connectivity index (χ0) is 16.7. The molecule has 1 amide bonds. The third-order valence-corrected chi connectivity index (χ3v) is 3.39. The number of hydrogen-bond donors (Lipinski definition) is 2. The van der Waals surface area contributed by atoms with Crippen LogP contribution in [0.1, 0.15) is 24.3 Å². The van der Waals surface area contributed by atoms with Crippen LogP contribution in [-0.4, -0.2) is 29.1 Å². The summed E-state index contributed by atoms with van der Waals surface area (Å²) in [5.74, 6) is -0.919. The molecule has 0 saturated heterocycles. The van der Waals surface area contributed by atoms with Crippen LogP contribution in [0.3, 0.4) is 0 Å². The molecule has 1 heterocycles. The van der Waals surface area contributed by atoms with E-state index in [0.29, 0.717) is 11.4 Å². The van der Waals surface area contributed by atoms with Crippen molar-refractivity contribution in [2.45, 2.75) is 18.8 Å². The van der Waals surface area contributed by atoms with E-state index in [4.69, 9.17) is 9.84 Å². The van der Waals surface area contributed by atoms with Gasteiger partial charge in [0.25, 0.3) is 0 Å². The summed E-state index contributed by atoms with van der Waals surface area (Å²) in [4.78, 5) is 27.1. The summed E-state index contributed by atoms with van der Waals surface area (Å²) in [7, 11) is 1.56. The Morgan fingerprint density at radius 3 is 2.52 bits per heavy atom. The molecule has 0 aliphatic rings. The van der Waals surface area contributed by atoms with Crippen molar-refractivity contribution >= 4 is 17.6 Å². The summed E-state index contributed by atoms with van der Waals surface area (Å²) in [6, 6.07) is 10.5. The first-order valence-electron chi connectivity index (χ1n) is 7.14. The van der Waals surface area contributed by atoms with Crippen molar-refractivity contribution in [3.63, 3.8) is 0 Å². The number of aromatic nitrogens is 1. The monoisotopic (exact) mass is 314 g/mol. The number of carbonyl (C=O) groups is 2. The molecule has 2 N–H and O–H groups in total. The zero-order valence-electron chi connectivity index (χ0n) is 12.7. The number of carboxylic acids is 1. The highest BCUT2D eigenvalue weighted by atomic mass is 16.5. The molecule has 0 fully saturated rings. The van der Waals surface area contributed by atoms with Crippen LogP contribution in [-0.2, 0) is 9.59 Å². The van der Waals surface area contributed by atoms with Crippen molar-refractivity contribution in [3.8, 4) is 5.75 Å². The molecule has 23 heavy (non-hydrogen) atoms. The van der Waals surface area contributed by atoms with Gasteiger partial charge in [-0.25, -0.2) is 0 Å². The highest BCUT2D eigenvalue weighted by Crippen LogP contribution is 2.26. The number of pyridine rings is 1. The Balaban J connectivity index is 2.08. The van der Waals surface area contributed by atoms with E-state index in [1.807, 2.05) is 0 Å². The quantitative estimate of drug-likeness (QED) is 0.820. The maximum Gasteiger partial charge on any atom is 0.303 e. The van der Waals surface area contributed by atoms with E-state index in [2.05, 4.69) is 10.3 Å². The summed E-state index contributed by atoms with van der Waals surface area (Å²) in [6.07, 6.45) is 3.11. The number of nitrogens with one attached hydrogen (secondary N) is 1. The number of carbonyl (C=O) groups excluding carboxylic acids is 1. The van der Waals surface area contributed by atoms with Crippen LogP contribution >= 0.6 is 0 Å². The molecule has 2 rings (SSSR count). The summed E-state index contributed by atoms with van der Waals surface area (Å²) >= 11 is 0. The van der Waals surface area contributed by atoms with Gasteiger partial charge in [0.1, 0.15) is 5.75 Å². The number of methoxy groups -OCH3 is 1. The lowest BCUT2D eigenvalue weighted by Gasteiger charge is -2.15. The van der Waals surface area contributed by atoms with Crippen molar-refractivity contribution in [1.29, 1.82) is 0 Å². The summed E-state index contributed by atoms with van der Waals surface area (Å²) < 4.78 is 5.09. The number of carboxylic acid groups (broad SMARTS) is 1. The topological polar surface area (TPSA) is 88.5 Å². The first kappa shape index (κ1) is 16.5. The summed E-state index contributed by atoms with van der Waals surface area (Å²) in [5.41, 5.74) is 1.37. The lowest BCUT2D eigenvalue weighted by Crippen LogP contribution is -2.17. The standard InChI is InChI=1S/C17H18N2O4/c1-23-15-6-4-12(5-7-15)13(10-17(21)22)9-16(20)19-14-3-2-8-18-11-14/h2-8,11,13H,9-10H2,1H3,(H,19,20)(H,21,22). The predicted molar refractivity (Wildman–Crippen MR) is 85.5 cm³/mol. The van der Waals surface area contributed by atoms with Crippen molar-refractivity contribution in [2.24, 2.45) is 0 Å². The van der Waals surface area contributed by atoms with Crippen LogP contribution in [0.15, 0.2) is 48.8 Å². The van der Waals surface area contributed by atoms with Crippen LogP contribution < -0.4 is 10.1 Å². The van der Waals surface area contributed by atoms with Crippen LogP contribution in [0, 0.1) is 0 Å². The smallest absolute Gasteiger partial charge is 0.303 e. The van der Waals surface area contributed by atoms with Gasteiger partial charge in [0, 0.05) is 18.5 Å². The van der Waals surface area contributed by atoms with Gasteiger partial charge < -0.3 is 15.2 Å². The van der Waals surface area contributed by atoms with Crippen LogP contribution in [0.4, 0.5) is 5.69 Å². The molecule has 0 bridgehead atoms. The number of benzene rings is 1. The second-order valence-electron chi connectivity index (χ2n) is 5.06. The van der Waals surface area contributed by atoms with Crippen molar-refractivity contribution in [3.05, 3.63) is 54.4 Å². The molecule has 120 valence electrons. The van der Waals surface area contributed by atoms with Gasteiger partial charge in [-0.3, -0.25) is 14.6 Å². The minimum atomic E-state index is -0.944. The molecule has 0 spiro atoms. The lowest BCUT2D eigenvalue weighted by atomic mass is 9.92. The normalized spacial score (nSPS) is 11.5. The largest absolute Gasteiger partial charge is 0.497 e. The number of aliphatic carboxylic acids is 1. The van der Waals surface area contributed by atoms with Gasteiger partial charge in [0.2, 0.25) is 5.91 Å². The first-order valence-corrected chi connectivity index (χ1v) is 7.14. The van der Waals surface area contributed by atoms with Crippen molar-refractivity contribution < 1.29 is 19.4 Å². The number of anilines is 1. The van der Waals surface area contributed by atoms with Crippen molar-refractivity contribution in [1.82, 2.24) is 4.98 Å². The lowest BCUT2D eigenvalue weighted by molar-refractivity contribution is -0.137. The average molecular weight is 314 g/mol. The highest BCUT2D eigenvalue weighted by Gasteiger charge is 2.19. The van der Waals surface area contributed by atoms with Crippen LogP contribution in [0.5, 0.6) is 5.75 Å². The van der Waals surface area contributed by atoms with E-state index in [0.717, 1.165) is 5.56 Å². The van der Waals surface area contributed by atoms with Gasteiger partial charge in [-0.1, -0.05) is 12.1 Å². The van der Waals surface area contributed by atoms with Gasteiger partial charge in [-0.2, -0.15) is 0 Å². The predicted octanol–water partition coefficient (Wildman–Crippen LogP) is 2.68. The molecule has 0 radical (unpaired) electrons. The van der Waals surface area contributed by atoms with E-state index in [1.54, 1.807) is 49.7 Å². The maximum absolute atomic E-state index is 12.1. The van der Waals surface area contributed by atoms with Crippen LogP contribution in [0.25, 0.3) is 0 Å². The number of rotatable bonds is 7. The fourth-order valence-electron chi connectivity index (χ4n) is 2.27. The van der Waals surface area contributed by atoms with Gasteiger partial charge >= 0.3 is 5.97 Å². The number of ether oxygens (including phenoxy) is 1. The molecule has 0 aliphatic carbocycles. The minimum absolute atomic E-state index is 0.0769. The summed E-state index contributed by atoms with van der Waals surface area (Å²) in [5, 5.41) is 11.8. The molecular weight excluding hydrogens is 296 g/mol. The summed E-state index contributed by atoms with van der Waals surface area (Å²) in [6.45, 7) is 0.